The van der Waals surface area contributed by atoms with Gasteiger partial charge in [-0.05, 0) is 58.6 Å². The van der Waals surface area contributed by atoms with Gasteiger partial charge in [-0.1, -0.05) is 12.1 Å². The molecule has 5 rings (SSSR count). The van der Waals surface area contributed by atoms with Crippen molar-refractivity contribution in [2.24, 2.45) is 0 Å². The minimum absolute atomic E-state index is 0.0669. The minimum atomic E-state index is -0.462. The van der Waals surface area contributed by atoms with Gasteiger partial charge in [0.15, 0.2) is 5.65 Å². The maximum absolute atomic E-state index is 13.3. The molecule has 184 valence electrons. The summed E-state index contributed by atoms with van der Waals surface area (Å²) in [7, 11) is 1.33. The average Bonchev–Trinajstić information content (AvgIpc) is 3.32. The highest BCUT2D eigenvalue weighted by molar-refractivity contribution is 9.10. The highest BCUT2D eigenvalue weighted by atomic mass is 79.9. The van der Waals surface area contributed by atoms with Gasteiger partial charge in [-0.15, -0.1) is 0 Å². The van der Waals surface area contributed by atoms with Crippen molar-refractivity contribution in [2.45, 2.75) is 25.3 Å². The molecule has 1 N–H and O–H groups in total. The molecule has 1 unspecified atom stereocenters. The van der Waals surface area contributed by atoms with Crippen molar-refractivity contribution < 1.29 is 14.3 Å². The summed E-state index contributed by atoms with van der Waals surface area (Å²) in [4.78, 5) is 36.1. The lowest BCUT2D eigenvalue weighted by molar-refractivity contribution is 0.0600. The maximum Gasteiger partial charge on any atom is 0.337 e. The lowest BCUT2D eigenvalue weighted by Crippen LogP contribution is -2.39. The number of esters is 1. The Morgan fingerprint density at radius 1 is 1.17 bits per heavy atom. The minimum Gasteiger partial charge on any atom is -0.465 e. The second kappa shape index (κ2) is 10.4. The van der Waals surface area contributed by atoms with Gasteiger partial charge in [-0.3, -0.25) is 9.78 Å². The number of rotatable bonds is 6. The van der Waals surface area contributed by atoms with Gasteiger partial charge in [0.25, 0.3) is 5.91 Å². The number of nitrogens with zero attached hydrogens (tertiary/aromatic N) is 5. The van der Waals surface area contributed by atoms with Crippen molar-refractivity contribution in [3.05, 3.63) is 87.9 Å². The van der Waals surface area contributed by atoms with E-state index in [0.29, 0.717) is 30.8 Å². The fourth-order valence-electron chi connectivity index (χ4n) is 4.47. The van der Waals surface area contributed by atoms with E-state index in [1.807, 2.05) is 29.3 Å². The van der Waals surface area contributed by atoms with Gasteiger partial charge < -0.3 is 15.0 Å². The van der Waals surface area contributed by atoms with Crippen LogP contribution >= 0.6 is 15.9 Å². The number of amides is 1. The number of piperidine rings is 1. The Bertz CT molecular complexity index is 1410. The topological polar surface area (TPSA) is 102 Å². The first-order valence-electron chi connectivity index (χ1n) is 11.7. The molecule has 1 amide bonds. The van der Waals surface area contributed by atoms with Crippen LogP contribution in [0, 0.1) is 0 Å². The lowest BCUT2D eigenvalue weighted by atomic mass is 9.93. The van der Waals surface area contributed by atoms with Gasteiger partial charge in [0, 0.05) is 49.6 Å². The monoisotopic (exact) mass is 548 g/mol. The SMILES string of the molecule is COC(=O)c1cccc(C(=O)N2CCCC(c3cc(NCc4cccnc4)n4ncc(Br)c4n3)C2)c1. The van der Waals surface area contributed by atoms with Crippen LogP contribution in [0.25, 0.3) is 5.65 Å². The molecule has 4 heterocycles. The predicted molar refractivity (Wildman–Crippen MR) is 138 cm³/mol. The molecular weight excluding hydrogens is 524 g/mol. The number of carbonyl (C=O) groups is 2. The largest absolute Gasteiger partial charge is 0.465 e. The molecule has 1 aromatic carbocycles. The van der Waals surface area contributed by atoms with E-state index in [2.05, 4.69) is 31.3 Å². The van der Waals surface area contributed by atoms with E-state index in [1.54, 1.807) is 41.2 Å². The third kappa shape index (κ3) is 4.94. The number of hydrogen-bond acceptors (Lipinski definition) is 7. The first-order chi connectivity index (χ1) is 17.5. The molecule has 4 aromatic rings. The zero-order chi connectivity index (χ0) is 25.1. The number of fused-ring (bicyclic) bond motifs is 1. The molecule has 1 atom stereocenters. The van der Waals surface area contributed by atoms with E-state index >= 15 is 0 Å². The van der Waals surface area contributed by atoms with E-state index < -0.39 is 5.97 Å². The standard InChI is InChI=1S/C26H25BrN6O3/c1-36-26(35)19-7-2-6-18(11-19)25(34)32-10-4-8-20(16-32)22-12-23(29-14-17-5-3-9-28-13-17)33-24(31-22)21(27)15-30-33/h2-3,5-7,9,11-13,15,20,29H,4,8,10,14,16H2,1H3. The van der Waals surface area contributed by atoms with Crippen molar-refractivity contribution in [1.82, 2.24) is 24.5 Å². The highest BCUT2D eigenvalue weighted by Gasteiger charge is 2.28. The Kier molecular flexibility index (Phi) is 6.95. The van der Waals surface area contributed by atoms with Crippen LogP contribution in [0.5, 0.6) is 0 Å². The molecule has 0 radical (unpaired) electrons. The summed E-state index contributed by atoms with van der Waals surface area (Å²) in [6.07, 6.45) is 7.08. The Labute approximate surface area is 216 Å². The first-order valence-corrected chi connectivity index (χ1v) is 12.5. The molecule has 0 spiro atoms. The number of aromatic nitrogens is 4. The molecule has 1 fully saturated rings. The molecule has 0 aliphatic carbocycles. The second-order valence-corrected chi connectivity index (χ2v) is 9.53. The number of carbonyl (C=O) groups excluding carboxylic acids is 2. The Morgan fingerprint density at radius 3 is 2.83 bits per heavy atom. The van der Waals surface area contributed by atoms with Crippen molar-refractivity contribution in [2.75, 3.05) is 25.5 Å². The molecule has 1 aliphatic rings. The summed E-state index contributed by atoms with van der Waals surface area (Å²) in [5.74, 6) is 0.319. The van der Waals surface area contributed by atoms with Crippen molar-refractivity contribution in [3.63, 3.8) is 0 Å². The summed E-state index contributed by atoms with van der Waals surface area (Å²) in [6.45, 7) is 1.79. The van der Waals surface area contributed by atoms with E-state index in [9.17, 15) is 9.59 Å². The van der Waals surface area contributed by atoms with E-state index in [4.69, 9.17) is 9.72 Å². The maximum atomic E-state index is 13.3. The number of benzene rings is 1. The van der Waals surface area contributed by atoms with Crippen molar-refractivity contribution in [3.8, 4) is 0 Å². The Balaban J connectivity index is 1.39. The van der Waals surface area contributed by atoms with Crippen LogP contribution in [0.3, 0.4) is 0 Å². The smallest absolute Gasteiger partial charge is 0.337 e. The number of methoxy groups -OCH3 is 1. The fourth-order valence-corrected chi connectivity index (χ4v) is 4.82. The van der Waals surface area contributed by atoms with Gasteiger partial charge in [0.05, 0.1) is 29.0 Å². The summed E-state index contributed by atoms with van der Waals surface area (Å²) >= 11 is 3.56. The zero-order valence-corrected chi connectivity index (χ0v) is 21.3. The Morgan fingerprint density at radius 2 is 2.03 bits per heavy atom. The number of hydrogen-bond donors (Lipinski definition) is 1. The van der Waals surface area contributed by atoms with Gasteiger partial charge in [0.2, 0.25) is 0 Å². The van der Waals surface area contributed by atoms with E-state index in [-0.39, 0.29) is 11.8 Å². The van der Waals surface area contributed by atoms with E-state index in [1.165, 1.54) is 7.11 Å². The van der Waals surface area contributed by atoms with Crippen LogP contribution in [-0.2, 0) is 11.3 Å². The molecule has 0 saturated carbocycles. The van der Waals surface area contributed by atoms with Crippen molar-refractivity contribution >= 4 is 39.3 Å². The van der Waals surface area contributed by atoms with Crippen LogP contribution in [0.2, 0.25) is 0 Å². The fraction of sp³-hybridized carbons (Fsp3) is 0.269. The van der Waals surface area contributed by atoms with Gasteiger partial charge >= 0.3 is 5.97 Å². The molecule has 3 aromatic heterocycles. The molecular formula is C26H25BrN6O3. The molecule has 1 aliphatic heterocycles. The average molecular weight is 549 g/mol. The number of likely N-dealkylation sites (tertiary alicyclic amines) is 1. The number of pyridine rings is 1. The normalized spacial score (nSPS) is 15.6. The van der Waals surface area contributed by atoms with Crippen LogP contribution in [0.4, 0.5) is 5.82 Å². The van der Waals surface area contributed by atoms with Gasteiger partial charge in [0.1, 0.15) is 5.82 Å². The predicted octanol–water partition coefficient (Wildman–Crippen LogP) is 4.31. The summed E-state index contributed by atoms with van der Waals surface area (Å²) in [5.41, 5.74) is 3.51. The summed E-state index contributed by atoms with van der Waals surface area (Å²) in [6, 6.07) is 12.6. The third-order valence-corrected chi connectivity index (χ3v) is 6.86. The molecule has 10 heteroatoms. The number of anilines is 1. The number of nitrogens with one attached hydrogen (secondary N) is 1. The van der Waals surface area contributed by atoms with Gasteiger partial charge in [-0.25, -0.2) is 9.78 Å². The van der Waals surface area contributed by atoms with Gasteiger partial charge in [-0.2, -0.15) is 9.61 Å². The molecule has 1 saturated heterocycles. The summed E-state index contributed by atoms with van der Waals surface area (Å²) < 4.78 is 7.37. The van der Waals surface area contributed by atoms with Crippen LogP contribution in [-0.4, -0.2) is 56.6 Å². The third-order valence-electron chi connectivity index (χ3n) is 6.30. The van der Waals surface area contributed by atoms with Crippen LogP contribution < -0.4 is 5.32 Å². The van der Waals surface area contributed by atoms with Crippen LogP contribution in [0.1, 0.15) is 50.7 Å². The highest BCUT2D eigenvalue weighted by Crippen LogP contribution is 2.30. The molecule has 9 nitrogen and oxygen atoms in total. The van der Waals surface area contributed by atoms with E-state index in [0.717, 1.165) is 40.0 Å². The van der Waals surface area contributed by atoms with Crippen molar-refractivity contribution in [1.29, 1.82) is 0 Å². The lowest BCUT2D eigenvalue weighted by Gasteiger charge is -2.33. The summed E-state index contributed by atoms with van der Waals surface area (Å²) in [5, 5.41) is 7.91. The number of halogens is 1. The quantitative estimate of drug-likeness (QED) is 0.358. The second-order valence-electron chi connectivity index (χ2n) is 8.67. The Hall–Kier alpha value is -3.79. The zero-order valence-electron chi connectivity index (χ0n) is 19.7. The number of ether oxygens (including phenoxy) is 1. The molecule has 36 heavy (non-hydrogen) atoms. The first kappa shape index (κ1) is 23.9. The van der Waals surface area contributed by atoms with Crippen LogP contribution in [0.15, 0.2) is 65.5 Å². The molecule has 0 bridgehead atoms.